The van der Waals surface area contributed by atoms with Crippen LogP contribution in [0.1, 0.15) is 0 Å². The average Bonchev–Trinajstić information content (AvgIpc) is 2.70. The van der Waals surface area contributed by atoms with Crippen LogP contribution in [0.3, 0.4) is 0 Å². The van der Waals surface area contributed by atoms with Gasteiger partial charge in [0.25, 0.3) is 0 Å². The molecule has 5 heteroatoms. The molecule has 4 aromatic rings. The highest BCUT2D eigenvalue weighted by Crippen LogP contribution is 2.27. The molecule has 0 unspecified atom stereocenters. The van der Waals surface area contributed by atoms with E-state index in [1.165, 1.54) is 0 Å². The summed E-state index contributed by atoms with van der Waals surface area (Å²) in [7, 11) is 0. The predicted octanol–water partition coefficient (Wildman–Crippen LogP) is 5.12. The molecule has 3 heterocycles. The highest BCUT2D eigenvalue weighted by molar-refractivity contribution is 5.61. The Morgan fingerprint density at radius 1 is 0.577 bits per heavy atom. The van der Waals surface area contributed by atoms with Gasteiger partial charge in [0.2, 0.25) is 17.6 Å². The second-order valence-corrected chi connectivity index (χ2v) is 5.43. The maximum Gasteiger partial charge on any atom is 0.221 e. The number of aromatic nitrogens is 3. The molecule has 0 atom stereocenters. The summed E-state index contributed by atoms with van der Waals surface area (Å²) < 4.78 is 11.5. The van der Waals surface area contributed by atoms with Gasteiger partial charge < -0.3 is 9.47 Å². The quantitative estimate of drug-likeness (QED) is 0.504. The van der Waals surface area contributed by atoms with Crippen molar-refractivity contribution in [2.75, 3.05) is 0 Å². The lowest BCUT2D eigenvalue weighted by Crippen LogP contribution is -1.92. The SMILES string of the molecule is c1ccc(Oc2cccc(-c3cccc(Oc4ccccn4)n3)c2)nc1. The van der Waals surface area contributed by atoms with E-state index in [2.05, 4.69) is 15.0 Å². The first-order valence-corrected chi connectivity index (χ1v) is 8.12. The molecule has 3 aromatic heterocycles. The molecule has 126 valence electrons. The third-order valence-electron chi connectivity index (χ3n) is 3.56. The van der Waals surface area contributed by atoms with Crippen molar-refractivity contribution in [1.29, 1.82) is 0 Å². The molecular formula is C21H15N3O2. The zero-order valence-electron chi connectivity index (χ0n) is 13.8. The number of benzene rings is 1. The summed E-state index contributed by atoms with van der Waals surface area (Å²) in [6, 6.07) is 24.3. The first kappa shape index (κ1) is 15.8. The fourth-order valence-corrected chi connectivity index (χ4v) is 2.39. The molecule has 0 spiro atoms. The lowest BCUT2D eigenvalue weighted by molar-refractivity contribution is 0.445. The maximum absolute atomic E-state index is 5.79. The van der Waals surface area contributed by atoms with Crippen molar-refractivity contribution in [3.63, 3.8) is 0 Å². The molecule has 0 aliphatic rings. The van der Waals surface area contributed by atoms with Crippen LogP contribution in [0.2, 0.25) is 0 Å². The Labute approximate surface area is 150 Å². The number of nitrogens with zero attached hydrogens (tertiary/aromatic N) is 3. The minimum atomic E-state index is 0.484. The molecular weight excluding hydrogens is 326 g/mol. The zero-order valence-corrected chi connectivity index (χ0v) is 13.8. The fraction of sp³-hybridized carbons (Fsp3) is 0. The summed E-state index contributed by atoms with van der Waals surface area (Å²) in [6.07, 6.45) is 3.37. The standard InChI is InChI=1S/C21H15N3O2/c1-3-13-22-19(10-1)25-17-8-5-7-16(15-17)18-9-6-12-21(24-18)26-20-11-2-4-14-23-20/h1-15H. The van der Waals surface area contributed by atoms with Gasteiger partial charge in [-0.2, -0.15) is 0 Å². The largest absolute Gasteiger partial charge is 0.439 e. The third kappa shape index (κ3) is 3.84. The van der Waals surface area contributed by atoms with E-state index in [-0.39, 0.29) is 0 Å². The molecule has 0 amide bonds. The Kier molecular flexibility index (Phi) is 4.52. The van der Waals surface area contributed by atoms with Crippen molar-refractivity contribution in [3.8, 4) is 34.6 Å². The normalized spacial score (nSPS) is 10.3. The van der Waals surface area contributed by atoms with Gasteiger partial charge in [-0.25, -0.2) is 15.0 Å². The van der Waals surface area contributed by atoms with E-state index >= 15 is 0 Å². The van der Waals surface area contributed by atoms with E-state index in [9.17, 15) is 0 Å². The van der Waals surface area contributed by atoms with Crippen LogP contribution in [0.5, 0.6) is 23.4 Å². The molecule has 0 bridgehead atoms. The van der Waals surface area contributed by atoms with Crippen LogP contribution in [0.25, 0.3) is 11.3 Å². The van der Waals surface area contributed by atoms with E-state index < -0.39 is 0 Å². The molecule has 0 fully saturated rings. The van der Waals surface area contributed by atoms with Crippen LogP contribution < -0.4 is 9.47 Å². The van der Waals surface area contributed by atoms with Crippen molar-refractivity contribution in [3.05, 3.63) is 91.3 Å². The summed E-state index contributed by atoms with van der Waals surface area (Å²) in [5.74, 6) is 2.23. The Bertz CT molecular complexity index is 909. The van der Waals surface area contributed by atoms with Gasteiger partial charge in [0.05, 0.1) is 5.69 Å². The molecule has 0 saturated heterocycles. The second kappa shape index (κ2) is 7.44. The molecule has 1 aromatic carbocycles. The van der Waals surface area contributed by atoms with Crippen LogP contribution in [0.15, 0.2) is 91.3 Å². The molecule has 5 nitrogen and oxygen atoms in total. The second-order valence-electron chi connectivity index (χ2n) is 5.43. The van der Waals surface area contributed by atoms with Crippen LogP contribution >= 0.6 is 0 Å². The smallest absolute Gasteiger partial charge is 0.221 e. The van der Waals surface area contributed by atoms with Crippen LogP contribution in [-0.2, 0) is 0 Å². The first-order chi connectivity index (χ1) is 12.9. The Balaban J connectivity index is 1.57. The van der Waals surface area contributed by atoms with Gasteiger partial charge in [-0.3, -0.25) is 0 Å². The van der Waals surface area contributed by atoms with Gasteiger partial charge in [-0.15, -0.1) is 0 Å². The molecule has 0 aliphatic carbocycles. The van der Waals surface area contributed by atoms with E-state index in [0.29, 0.717) is 23.4 Å². The molecule has 26 heavy (non-hydrogen) atoms. The lowest BCUT2D eigenvalue weighted by Gasteiger charge is -2.08. The van der Waals surface area contributed by atoms with Crippen molar-refractivity contribution in [2.45, 2.75) is 0 Å². The Hall–Kier alpha value is -3.73. The molecule has 4 rings (SSSR count). The average molecular weight is 341 g/mol. The summed E-state index contributed by atoms with van der Waals surface area (Å²) in [6.45, 7) is 0. The van der Waals surface area contributed by atoms with Gasteiger partial charge in [0.15, 0.2) is 0 Å². The lowest BCUT2D eigenvalue weighted by atomic mass is 10.1. The maximum atomic E-state index is 5.79. The van der Waals surface area contributed by atoms with Gasteiger partial charge >= 0.3 is 0 Å². The first-order valence-electron chi connectivity index (χ1n) is 8.12. The zero-order chi connectivity index (χ0) is 17.6. The van der Waals surface area contributed by atoms with Crippen molar-refractivity contribution in [2.24, 2.45) is 0 Å². The van der Waals surface area contributed by atoms with Crippen molar-refractivity contribution in [1.82, 2.24) is 15.0 Å². The number of hydrogen-bond acceptors (Lipinski definition) is 5. The van der Waals surface area contributed by atoms with E-state index in [4.69, 9.17) is 9.47 Å². The van der Waals surface area contributed by atoms with E-state index in [0.717, 1.165) is 11.3 Å². The van der Waals surface area contributed by atoms with Crippen LogP contribution in [-0.4, -0.2) is 15.0 Å². The number of pyridine rings is 3. The van der Waals surface area contributed by atoms with E-state index in [1.807, 2.05) is 66.7 Å². The number of ether oxygens (including phenoxy) is 2. The third-order valence-corrected chi connectivity index (χ3v) is 3.56. The molecule has 0 saturated carbocycles. The van der Waals surface area contributed by atoms with Gasteiger partial charge in [-0.1, -0.05) is 30.3 Å². The number of hydrogen-bond donors (Lipinski definition) is 0. The van der Waals surface area contributed by atoms with Gasteiger partial charge in [0.1, 0.15) is 5.75 Å². The minimum absolute atomic E-state index is 0.484. The highest BCUT2D eigenvalue weighted by Gasteiger charge is 2.06. The summed E-state index contributed by atoms with van der Waals surface area (Å²) in [5, 5.41) is 0. The highest BCUT2D eigenvalue weighted by atomic mass is 16.5. The number of rotatable bonds is 5. The minimum Gasteiger partial charge on any atom is -0.439 e. The van der Waals surface area contributed by atoms with Crippen molar-refractivity contribution >= 4 is 0 Å². The topological polar surface area (TPSA) is 57.1 Å². The van der Waals surface area contributed by atoms with Crippen LogP contribution in [0.4, 0.5) is 0 Å². The predicted molar refractivity (Wildman–Crippen MR) is 98.3 cm³/mol. The van der Waals surface area contributed by atoms with Crippen molar-refractivity contribution < 1.29 is 9.47 Å². The monoisotopic (exact) mass is 341 g/mol. The van der Waals surface area contributed by atoms with Gasteiger partial charge in [-0.05, 0) is 30.3 Å². The summed E-state index contributed by atoms with van der Waals surface area (Å²) in [5.41, 5.74) is 1.70. The summed E-state index contributed by atoms with van der Waals surface area (Å²) >= 11 is 0. The van der Waals surface area contributed by atoms with Crippen LogP contribution in [0, 0.1) is 0 Å². The van der Waals surface area contributed by atoms with Gasteiger partial charge in [0, 0.05) is 36.2 Å². The van der Waals surface area contributed by atoms with E-state index in [1.54, 1.807) is 24.5 Å². The molecule has 0 radical (unpaired) electrons. The fourth-order valence-electron chi connectivity index (χ4n) is 2.39. The molecule has 0 aliphatic heterocycles. The molecule has 0 N–H and O–H groups in total. The Morgan fingerprint density at radius 3 is 2.00 bits per heavy atom. The summed E-state index contributed by atoms with van der Waals surface area (Å²) in [4.78, 5) is 12.9. The Morgan fingerprint density at radius 2 is 1.27 bits per heavy atom.